The zero-order valence-corrected chi connectivity index (χ0v) is 13.3. The van der Waals surface area contributed by atoms with Gasteiger partial charge in [0, 0.05) is 6.42 Å². The van der Waals surface area contributed by atoms with Crippen LogP contribution >= 0.6 is 0 Å². The van der Waals surface area contributed by atoms with E-state index in [4.69, 9.17) is 0 Å². The number of H-pyrrole nitrogens is 1. The van der Waals surface area contributed by atoms with E-state index in [0.717, 1.165) is 12.8 Å². The smallest absolute Gasteiger partial charge is 0.271 e. The minimum absolute atomic E-state index is 0.108. The van der Waals surface area contributed by atoms with Gasteiger partial charge in [-0.2, -0.15) is 5.26 Å². The van der Waals surface area contributed by atoms with Gasteiger partial charge in [0.2, 0.25) is 0 Å². The molecule has 2 aromatic rings. The van der Waals surface area contributed by atoms with Gasteiger partial charge in [-0.3, -0.25) is 4.79 Å². The molecular formula is C18H19FN4O. The molecule has 1 saturated carbocycles. The Labute approximate surface area is 139 Å². The van der Waals surface area contributed by atoms with Crippen LogP contribution in [0.5, 0.6) is 0 Å². The highest BCUT2D eigenvalue weighted by molar-refractivity contribution is 5.62. The number of anilines is 2. The summed E-state index contributed by atoms with van der Waals surface area (Å²) in [6.45, 7) is 0. The number of rotatable bonds is 4. The first kappa shape index (κ1) is 16.2. The zero-order valence-electron chi connectivity index (χ0n) is 13.3. The third-order valence-corrected chi connectivity index (χ3v) is 4.41. The number of hydrogen-bond acceptors (Lipinski definition) is 4. The molecule has 0 spiro atoms. The molecule has 0 saturated heterocycles. The molecule has 1 aromatic carbocycles. The lowest BCUT2D eigenvalue weighted by molar-refractivity contribution is 0.351. The summed E-state index contributed by atoms with van der Waals surface area (Å²) in [4.78, 5) is 19.2. The van der Waals surface area contributed by atoms with Crippen LogP contribution in [-0.4, -0.2) is 9.97 Å². The zero-order chi connectivity index (χ0) is 16.9. The highest BCUT2D eigenvalue weighted by Gasteiger charge is 2.18. The highest BCUT2D eigenvalue weighted by Crippen LogP contribution is 2.26. The van der Waals surface area contributed by atoms with Crippen LogP contribution in [-0.2, 0) is 6.42 Å². The van der Waals surface area contributed by atoms with Crippen molar-refractivity contribution in [2.24, 2.45) is 5.92 Å². The first-order valence-corrected chi connectivity index (χ1v) is 8.22. The fourth-order valence-electron chi connectivity index (χ4n) is 3.17. The summed E-state index contributed by atoms with van der Waals surface area (Å²) in [5, 5.41) is 12.0. The Bertz CT molecular complexity index is 818. The molecule has 1 fully saturated rings. The summed E-state index contributed by atoms with van der Waals surface area (Å²) in [6.07, 6.45) is 6.58. The summed E-state index contributed by atoms with van der Waals surface area (Å²) in [7, 11) is 0. The Morgan fingerprint density at radius 2 is 2.04 bits per heavy atom. The molecule has 0 unspecified atom stereocenters. The summed E-state index contributed by atoms with van der Waals surface area (Å²) < 4.78 is 13.8. The number of halogens is 1. The van der Waals surface area contributed by atoms with Crippen molar-refractivity contribution in [2.75, 3.05) is 5.32 Å². The Kier molecular flexibility index (Phi) is 4.90. The number of aromatic nitrogens is 2. The van der Waals surface area contributed by atoms with Crippen molar-refractivity contribution in [1.82, 2.24) is 9.97 Å². The van der Waals surface area contributed by atoms with Crippen molar-refractivity contribution in [3.63, 3.8) is 0 Å². The monoisotopic (exact) mass is 326 g/mol. The van der Waals surface area contributed by atoms with Crippen molar-refractivity contribution in [3.05, 3.63) is 51.8 Å². The van der Waals surface area contributed by atoms with Crippen molar-refractivity contribution in [2.45, 2.75) is 38.5 Å². The molecule has 1 aliphatic rings. The molecular weight excluding hydrogens is 307 g/mol. The number of nitrogens with one attached hydrogen (secondary N) is 2. The SMILES string of the molecule is N#Cc1c(Nc2ccccc2F)nc(CC2CCCCC2)[nH]c1=O. The van der Waals surface area contributed by atoms with E-state index in [0.29, 0.717) is 18.2 Å². The standard InChI is InChI=1S/C18H19FN4O/c19-14-8-4-5-9-15(14)21-17-13(11-20)18(24)23-16(22-17)10-12-6-2-1-3-7-12/h4-5,8-9,12H,1-3,6-7,10H2,(H2,21,22,23,24). The van der Waals surface area contributed by atoms with Gasteiger partial charge in [-0.15, -0.1) is 0 Å². The molecule has 6 heteroatoms. The van der Waals surface area contributed by atoms with Gasteiger partial charge in [-0.1, -0.05) is 44.2 Å². The van der Waals surface area contributed by atoms with Crippen LogP contribution in [0.1, 0.15) is 43.5 Å². The minimum atomic E-state index is -0.489. The molecule has 2 N–H and O–H groups in total. The van der Waals surface area contributed by atoms with Crippen LogP contribution < -0.4 is 10.9 Å². The third kappa shape index (κ3) is 3.62. The van der Waals surface area contributed by atoms with Crippen LogP contribution in [0.2, 0.25) is 0 Å². The van der Waals surface area contributed by atoms with Crippen molar-refractivity contribution in [3.8, 4) is 6.07 Å². The average molecular weight is 326 g/mol. The lowest BCUT2D eigenvalue weighted by atomic mass is 9.87. The number of nitriles is 1. The average Bonchev–Trinajstić information content (AvgIpc) is 2.58. The van der Waals surface area contributed by atoms with Crippen LogP contribution in [0.4, 0.5) is 15.9 Å². The predicted octanol–water partition coefficient (Wildman–Crippen LogP) is 3.65. The Hall–Kier alpha value is -2.68. The van der Waals surface area contributed by atoms with Gasteiger partial charge < -0.3 is 10.3 Å². The maximum Gasteiger partial charge on any atom is 0.271 e. The Morgan fingerprint density at radius 3 is 2.75 bits per heavy atom. The van der Waals surface area contributed by atoms with Crippen LogP contribution in [0.25, 0.3) is 0 Å². The van der Waals surface area contributed by atoms with Gasteiger partial charge in [-0.05, 0) is 18.1 Å². The molecule has 0 radical (unpaired) electrons. The maximum absolute atomic E-state index is 13.8. The second kappa shape index (κ2) is 7.26. The van der Waals surface area contributed by atoms with Gasteiger partial charge >= 0.3 is 0 Å². The second-order valence-corrected chi connectivity index (χ2v) is 6.16. The summed E-state index contributed by atoms with van der Waals surface area (Å²) in [6, 6.07) is 7.94. The molecule has 1 aliphatic carbocycles. The molecule has 1 heterocycles. The Balaban J connectivity index is 1.90. The van der Waals surface area contributed by atoms with Crippen molar-refractivity contribution in [1.29, 1.82) is 5.26 Å². The van der Waals surface area contributed by atoms with E-state index in [2.05, 4.69) is 15.3 Å². The normalized spacial score (nSPS) is 15.0. The molecule has 1 aromatic heterocycles. The number of benzene rings is 1. The minimum Gasteiger partial charge on any atom is -0.337 e. The molecule has 124 valence electrons. The first-order valence-electron chi connectivity index (χ1n) is 8.22. The van der Waals surface area contributed by atoms with E-state index in [9.17, 15) is 14.4 Å². The first-order chi connectivity index (χ1) is 11.7. The van der Waals surface area contributed by atoms with E-state index >= 15 is 0 Å². The fraction of sp³-hybridized carbons (Fsp3) is 0.389. The number of aromatic amines is 1. The van der Waals surface area contributed by atoms with E-state index in [1.54, 1.807) is 18.2 Å². The molecule has 0 aliphatic heterocycles. The van der Waals surface area contributed by atoms with Gasteiger partial charge in [0.15, 0.2) is 11.4 Å². The largest absolute Gasteiger partial charge is 0.337 e. The summed E-state index contributed by atoms with van der Waals surface area (Å²) in [5.41, 5.74) is -0.432. The summed E-state index contributed by atoms with van der Waals surface area (Å²) >= 11 is 0. The lowest BCUT2D eigenvalue weighted by Crippen LogP contribution is -2.20. The van der Waals surface area contributed by atoms with Crippen molar-refractivity contribution < 1.29 is 4.39 Å². The van der Waals surface area contributed by atoms with Gasteiger partial charge in [-0.25, -0.2) is 9.37 Å². The second-order valence-electron chi connectivity index (χ2n) is 6.16. The quantitative estimate of drug-likeness (QED) is 0.898. The van der Waals surface area contributed by atoms with E-state index in [1.165, 1.54) is 25.3 Å². The van der Waals surface area contributed by atoms with Crippen molar-refractivity contribution >= 4 is 11.5 Å². The lowest BCUT2D eigenvalue weighted by Gasteiger charge is -2.21. The molecule has 3 rings (SSSR count). The summed E-state index contributed by atoms with van der Waals surface area (Å²) in [5.74, 6) is 0.690. The van der Waals surface area contributed by atoms with E-state index < -0.39 is 11.4 Å². The maximum atomic E-state index is 13.8. The molecule has 0 amide bonds. The van der Waals surface area contributed by atoms with Gasteiger partial charge in [0.1, 0.15) is 17.7 Å². The molecule has 0 bridgehead atoms. The number of hydrogen-bond donors (Lipinski definition) is 2. The predicted molar refractivity (Wildman–Crippen MR) is 89.5 cm³/mol. The molecule has 0 atom stereocenters. The van der Waals surface area contributed by atoms with Crippen LogP contribution in [0.15, 0.2) is 29.1 Å². The van der Waals surface area contributed by atoms with Gasteiger partial charge in [0.25, 0.3) is 5.56 Å². The topological polar surface area (TPSA) is 81.6 Å². The number of para-hydroxylation sites is 1. The fourth-order valence-corrected chi connectivity index (χ4v) is 3.17. The molecule has 24 heavy (non-hydrogen) atoms. The molecule has 5 nitrogen and oxygen atoms in total. The van der Waals surface area contributed by atoms with E-state index in [1.807, 2.05) is 6.07 Å². The number of nitrogens with zero attached hydrogens (tertiary/aromatic N) is 2. The van der Waals surface area contributed by atoms with Crippen LogP contribution in [0, 0.1) is 23.1 Å². The van der Waals surface area contributed by atoms with Crippen LogP contribution in [0.3, 0.4) is 0 Å². The van der Waals surface area contributed by atoms with Gasteiger partial charge in [0.05, 0.1) is 5.69 Å². The third-order valence-electron chi connectivity index (χ3n) is 4.41. The van der Waals surface area contributed by atoms with E-state index in [-0.39, 0.29) is 17.1 Å². The Morgan fingerprint density at radius 1 is 1.29 bits per heavy atom. The highest BCUT2D eigenvalue weighted by atomic mass is 19.1.